The van der Waals surface area contributed by atoms with E-state index in [2.05, 4.69) is 31.3 Å². The standard InChI is InChI=1S/C11H10BrFN4/c12-8-1-2-10(13)9(3-8)11(17-14)7-4-15-6-16-5-7/h1-6,11,17H,14H2. The Morgan fingerprint density at radius 3 is 2.65 bits per heavy atom. The van der Waals surface area contributed by atoms with Gasteiger partial charge >= 0.3 is 0 Å². The van der Waals surface area contributed by atoms with E-state index in [0.717, 1.165) is 4.47 Å². The minimum atomic E-state index is -0.478. The summed E-state index contributed by atoms with van der Waals surface area (Å²) in [6.45, 7) is 0. The SMILES string of the molecule is NNC(c1cncnc1)c1cc(Br)ccc1F. The third-order valence-corrected chi connectivity index (χ3v) is 2.84. The minimum absolute atomic E-state index is 0.333. The fourth-order valence-electron chi connectivity index (χ4n) is 1.56. The summed E-state index contributed by atoms with van der Waals surface area (Å²) < 4.78 is 14.5. The van der Waals surface area contributed by atoms with Crippen molar-refractivity contribution in [2.75, 3.05) is 0 Å². The maximum Gasteiger partial charge on any atom is 0.128 e. The van der Waals surface area contributed by atoms with E-state index in [1.165, 1.54) is 12.4 Å². The maximum atomic E-state index is 13.7. The lowest BCUT2D eigenvalue weighted by molar-refractivity contribution is 0.558. The van der Waals surface area contributed by atoms with Crippen molar-refractivity contribution in [3.05, 3.63) is 58.3 Å². The van der Waals surface area contributed by atoms with Crippen LogP contribution in [0.5, 0.6) is 0 Å². The van der Waals surface area contributed by atoms with Gasteiger partial charge in [0, 0.05) is 28.0 Å². The third-order valence-electron chi connectivity index (χ3n) is 2.35. The number of hydrazine groups is 1. The van der Waals surface area contributed by atoms with E-state index in [-0.39, 0.29) is 5.82 Å². The van der Waals surface area contributed by atoms with Crippen LogP contribution in [0.4, 0.5) is 4.39 Å². The van der Waals surface area contributed by atoms with Crippen LogP contribution in [0.15, 0.2) is 41.4 Å². The molecule has 1 unspecified atom stereocenters. The summed E-state index contributed by atoms with van der Waals surface area (Å²) in [5.41, 5.74) is 3.70. The summed E-state index contributed by atoms with van der Waals surface area (Å²) >= 11 is 3.30. The highest BCUT2D eigenvalue weighted by Crippen LogP contribution is 2.25. The molecule has 3 N–H and O–H groups in total. The molecule has 17 heavy (non-hydrogen) atoms. The summed E-state index contributed by atoms with van der Waals surface area (Å²) in [6, 6.07) is 4.21. The Kier molecular flexibility index (Phi) is 3.78. The lowest BCUT2D eigenvalue weighted by Crippen LogP contribution is -2.29. The second-order valence-corrected chi connectivity index (χ2v) is 4.35. The molecule has 0 saturated carbocycles. The number of nitrogens with zero attached hydrogens (tertiary/aromatic N) is 2. The van der Waals surface area contributed by atoms with Crippen LogP contribution in [-0.4, -0.2) is 9.97 Å². The van der Waals surface area contributed by atoms with Gasteiger partial charge in [-0.25, -0.2) is 19.8 Å². The Bertz CT molecular complexity index is 506. The van der Waals surface area contributed by atoms with E-state index in [4.69, 9.17) is 5.84 Å². The highest BCUT2D eigenvalue weighted by Gasteiger charge is 2.17. The van der Waals surface area contributed by atoms with Gasteiger partial charge in [0.25, 0.3) is 0 Å². The fourth-order valence-corrected chi connectivity index (χ4v) is 1.94. The van der Waals surface area contributed by atoms with Gasteiger partial charge < -0.3 is 0 Å². The van der Waals surface area contributed by atoms with Crippen molar-refractivity contribution in [3.63, 3.8) is 0 Å². The third kappa shape index (κ3) is 2.66. The molecular formula is C11H10BrFN4. The molecule has 0 saturated heterocycles. The van der Waals surface area contributed by atoms with Crippen LogP contribution in [-0.2, 0) is 0 Å². The normalized spacial score (nSPS) is 12.4. The Labute approximate surface area is 106 Å². The van der Waals surface area contributed by atoms with Crippen molar-refractivity contribution in [1.82, 2.24) is 15.4 Å². The fraction of sp³-hybridized carbons (Fsp3) is 0.0909. The van der Waals surface area contributed by atoms with Gasteiger partial charge in [-0.15, -0.1) is 0 Å². The van der Waals surface area contributed by atoms with Crippen LogP contribution >= 0.6 is 15.9 Å². The molecule has 0 fully saturated rings. The average Bonchev–Trinajstić information content (AvgIpc) is 2.36. The van der Waals surface area contributed by atoms with Gasteiger partial charge in [0.2, 0.25) is 0 Å². The monoisotopic (exact) mass is 296 g/mol. The van der Waals surface area contributed by atoms with Gasteiger partial charge in [0.15, 0.2) is 0 Å². The number of hydrogen-bond acceptors (Lipinski definition) is 4. The Balaban J connectivity index is 2.46. The smallest absolute Gasteiger partial charge is 0.128 e. The van der Waals surface area contributed by atoms with Crippen molar-refractivity contribution in [2.24, 2.45) is 5.84 Å². The van der Waals surface area contributed by atoms with E-state index in [9.17, 15) is 4.39 Å². The molecule has 88 valence electrons. The Morgan fingerprint density at radius 2 is 2.00 bits per heavy atom. The first-order chi connectivity index (χ1) is 8.22. The molecule has 1 atom stereocenters. The highest BCUT2D eigenvalue weighted by molar-refractivity contribution is 9.10. The van der Waals surface area contributed by atoms with Crippen molar-refractivity contribution in [2.45, 2.75) is 6.04 Å². The second-order valence-electron chi connectivity index (χ2n) is 3.44. The number of hydrogen-bond donors (Lipinski definition) is 2. The quantitative estimate of drug-likeness (QED) is 0.671. The van der Waals surface area contributed by atoms with E-state index in [1.807, 2.05) is 0 Å². The number of halogens is 2. The molecule has 0 amide bonds. The zero-order chi connectivity index (χ0) is 12.3. The summed E-state index contributed by atoms with van der Waals surface area (Å²) in [5.74, 6) is 5.13. The molecule has 6 heteroatoms. The molecule has 1 aromatic carbocycles. The van der Waals surface area contributed by atoms with E-state index in [0.29, 0.717) is 11.1 Å². The second kappa shape index (κ2) is 5.31. The van der Waals surface area contributed by atoms with Crippen molar-refractivity contribution in [3.8, 4) is 0 Å². The average molecular weight is 297 g/mol. The van der Waals surface area contributed by atoms with Crippen LogP contribution in [0, 0.1) is 5.82 Å². The number of nitrogens with one attached hydrogen (secondary N) is 1. The van der Waals surface area contributed by atoms with Crippen LogP contribution in [0.3, 0.4) is 0 Å². The summed E-state index contributed by atoms with van der Waals surface area (Å²) in [5, 5.41) is 0. The number of rotatable bonds is 3. The number of benzene rings is 1. The van der Waals surface area contributed by atoms with Gasteiger partial charge in [-0.05, 0) is 18.2 Å². The molecule has 0 aliphatic carbocycles. The van der Waals surface area contributed by atoms with Gasteiger partial charge in [0.05, 0.1) is 6.04 Å². The van der Waals surface area contributed by atoms with Gasteiger partial charge in [-0.2, -0.15) is 0 Å². The molecule has 1 aromatic heterocycles. The van der Waals surface area contributed by atoms with Gasteiger partial charge in [0.1, 0.15) is 12.1 Å². The van der Waals surface area contributed by atoms with E-state index >= 15 is 0 Å². The Morgan fingerprint density at radius 1 is 1.29 bits per heavy atom. The Hall–Kier alpha value is -1.37. The first-order valence-electron chi connectivity index (χ1n) is 4.88. The summed E-state index contributed by atoms with van der Waals surface area (Å²) in [4.78, 5) is 7.78. The zero-order valence-corrected chi connectivity index (χ0v) is 10.4. The molecule has 0 radical (unpaired) electrons. The summed E-state index contributed by atoms with van der Waals surface area (Å²) in [7, 11) is 0. The molecular weight excluding hydrogens is 287 g/mol. The lowest BCUT2D eigenvalue weighted by atomic mass is 10.0. The van der Waals surface area contributed by atoms with Crippen molar-refractivity contribution in [1.29, 1.82) is 0 Å². The topological polar surface area (TPSA) is 63.8 Å². The van der Waals surface area contributed by atoms with Gasteiger partial charge in [-0.1, -0.05) is 15.9 Å². The minimum Gasteiger partial charge on any atom is -0.271 e. The molecule has 0 aliphatic heterocycles. The number of nitrogens with two attached hydrogens (primary N) is 1. The van der Waals surface area contributed by atoms with Crippen molar-refractivity contribution >= 4 is 15.9 Å². The first kappa shape index (κ1) is 12.1. The van der Waals surface area contributed by atoms with Gasteiger partial charge in [-0.3, -0.25) is 5.84 Å². The van der Waals surface area contributed by atoms with E-state index in [1.54, 1.807) is 24.5 Å². The van der Waals surface area contributed by atoms with Crippen LogP contribution in [0.1, 0.15) is 17.2 Å². The predicted molar refractivity (Wildman–Crippen MR) is 65.3 cm³/mol. The number of aromatic nitrogens is 2. The predicted octanol–water partition coefficient (Wildman–Crippen LogP) is 1.93. The largest absolute Gasteiger partial charge is 0.271 e. The zero-order valence-electron chi connectivity index (χ0n) is 8.77. The van der Waals surface area contributed by atoms with Crippen molar-refractivity contribution < 1.29 is 4.39 Å². The first-order valence-corrected chi connectivity index (χ1v) is 5.67. The summed E-state index contributed by atoms with van der Waals surface area (Å²) in [6.07, 6.45) is 4.60. The van der Waals surface area contributed by atoms with Crippen LogP contribution < -0.4 is 11.3 Å². The van der Waals surface area contributed by atoms with E-state index < -0.39 is 6.04 Å². The lowest BCUT2D eigenvalue weighted by Gasteiger charge is -2.16. The molecule has 2 rings (SSSR count). The molecule has 0 bridgehead atoms. The molecule has 1 heterocycles. The van der Waals surface area contributed by atoms with Crippen LogP contribution in [0.2, 0.25) is 0 Å². The van der Waals surface area contributed by atoms with Crippen LogP contribution in [0.25, 0.3) is 0 Å². The molecule has 4 nitrogen and oxygen atoms in total. The maximum absolute atomic E-state index is 13.7. The molecule has 0 spiro atoms. The molecule has 2 aromatic rings. The highest BCUT2D eigenvalue weighted by atomic mass is 79.9. The molecule has 0 aliphatic rings.